The number of hydrogen-bond donors (Lipinski definition) is 0. The van der Waals surface area contributed by atoms with E-state index in [4.69, 9.17) is 5.10 Å². The molecule has 0 spiro atoms. The summed E-state index contributed by atoms with van der Waals surface area (Å²) in [6, 6.07) is 3.95. The number of carbonyl (C=O) groups excluding carboxylic acids is 2. The van der Waals surface area contributed by atoms with Gasteiger partial charge in [0.1, 0.15) is 5.82 Å². The van der Waals surface area contributed by atoms with E-state index in [0.29, 0.717) is 13.1 Å². The fourth-order valence-electron chi connectivity index (χ4n) is 3.36. The first-order chi connectivity index (χ1) is 12.3. The molecule has 134 valence electrons. The van der Waals surface area contributed by atoms with E-state index in [1.165, 1.54) is 12.3 Å². The van der Waals surface area contributed by atoms with Gasteiger partial charge in [0.2, 0.25) is 5.91 Å². The smallest absolute Gasteiger partial charge is 0.269 e. The Morgan fingerprint density at radius 3 is 2.54 bits per heavy atom. The van der Waals surface area contributed by atoms with Gasteiger partial charge in [-0.3, -0.25) is 9.59 Å². The van der Waals surface area contributed by atoms with Gasteiger partial charge in [0, 0.05) is 30.2 Å². The van der Waals surface area contributed by atoms with Crippen LogP contribution in [0.2, 0.25) is 0 Å². The number of hydrogen-bond acceptors (Lipinski definition) is 3. The summed E-state index contributed by atoms with van der Waals surface area (Å²) >= 11 is 0. The Morgan fingerprint density at radius 1 is 1.19 bits per heavy atom. The SMILES string of the molecule is CC(C)(C)n1nc2c(c1-n1cccc1)CN(C(=O)C1C=CC(=O)N=C1)C2. The summed E-state index contributed by atoms with van der Waals surface area (Å²) in [5.41, 5.74) is 1.82. The Labute approximate surface area is 151 Å². The molecule has 1 unspecified atom stereocenters. The van der Waals surface area contributed by atoms with Crippen LogP contribution in [0.3, 0.4) is 0 Å². The molecular formula is C19H21N5O2. The normalized spacial score (nSPS) is 19.3. The Kier molecular flexibility index (Phi) is 3.68. The summed E-state index contributed by atoms with van der Waals surface area (Å²) in [6.45, 7) is 7.32. The van der Waals surface area contributed by atoms with Gasteiger partial charge in [-0.2, -0.15) is 5.10 Å². The minimum Gasteiger partial charge on any atom is -0.331 e. The maximum absolute atomic E-state index is 12.8. The van der Waals surface area contributed by atoms with Crippen LogP contribution >= 0.6 is 0 Å². The van der Waals surface area contributed by atoms with Crippen LogP contribution in [0.15, 0.2) is 41.7 Å². The second-order valence-corrected chi connectivity index (χ2v) is 7.62. The third-order valence-corrected chi connectivity index (χ3v) is 4.62. The lowest BCUT2D eigenvalue weighted by Crippen LogP contribution is -2.34. The zero-order valence-electron chi connectivity index (χ0n) is 15.1. The Balaban J connectivity index is 1.66. The third-order valence-electron chi connectivity index (χ3n) is 4.62. The standard InChI is InChI=1S/C19H21N5O2/c1-19(2,3)24-17(22-8-4-5-9-22)14-11-23(12-15(14)21-24)18(26)13-6-7-16(25)20-10-13/h4-10,13H,11-12H2,1-3H3. The molecule has 4 heterocycles. The van der Waals surface area contributed by atoms with E-state index in [9.17, 15) is 9.59 Å². The molecule has 2 aliphatic heterocycles. The van der Waals surface area contributed by atoms with Crippen molar-refractivity contribution in [2.75, 3.05) is 0 Å². The van der Waals surface area contributed by atoms with Gasteiger partial charge in [0.05, 0.1) is 30.2 Å². The van der Waals surface area contributed by atoms with E-state index >= 15 is 0 Å². The van der Waals surface area contributed by atoms with Crippen molar-refractivity contribution in [1.29, 1.82) is 0 Å². The van der Waals surface area contributed by atoms with Crippen molar-refractivity contribution in [2.45, 2.75) is 39.4 Å². The Hall–Kier alpha value is -2.96. The number of aromatic nitrogens is 3. The number of fused-ring (bicyclic) bond motifs is 1. The van der Waals surface area contributed by atoms with Crippen molar-refractivity contribution >= 4 is 18.0 Å². The van der Waals surface area contributed by atoms with E-state index in [2.05, 4.69) is 25.8 Å². The van der Waals surface area contributed by atoms with E-state index in [1.807, 2.05) is 33.8 Å². The summed E-state index contributed by atoms with van der Waals surface area (Å²) in [4.78, 5) is 29.5. The minimum absolute atomic E-state index is 0.0590. The summed E-state index contributed by atoms with van der Waals surface area (Å²) in [5.74, 6) is 0.128. The number of nitrogens with zero attached hydrogens (tertiary/aromatic N) is 5. The molecule has 2 aromatic heterocycles. The number of aliphatic imine (C=N–C) groups is 1. The molecule has 4 rings (SSSR count). The number of carbonyl (C=O) groups is 2. The van der Waals surface area contributed by atoms with Crippen LogP contribution in [0.25, 0.3) is 5.82 Å². The van der Waals surface area contributed by atoms with Gasteiger partial charge in [0.15, 0.2) is 0 Å². The highest BCUT2D eigenvalue weighted by atomic mass is 16.2. The van der Waals surface area contributed by atoms with Gasteiger partial charge in [-0.1, -0.05) is 6.08 Å². The maximum Gasteiger partial charge on any atom is 0.269 e. The van der Waals surface area contributed by atoms with Gasteiger partial charge in [-0.15, -0.1) is 0 Å². The summed E-state index contributed by atoms with van der Waals surface area (Å²) < 4.78 is 4.08. The second kappa shape index (κ2) is 5.79. The van der Waals surface area contributed by atoms with Gasteiger partial charge in [-0.05, 0) is 32.9 Å². The predicted octanol–water partition coefficient (Wildman–Crippen LogP) is 2.05. The summed E-state index contributed by atoms with van der Waals surface area (Å²) in [6.07, 6.45) is 8.36. The second-order valence-electron chi connectivity index (χ2n) is 7.62. The van der Waals surface area contributed by atoms with E-state index in [0.717, 1.165) is 17.1 Å². The van der Waals surface area contributed by atoms with Crippen molar-refractivity contribution in [3.05, 3.63) is 47.9 Å². The lowest BCUT2D eigenvalue weighted by Gasteiger charge is -2.25. The summed E-state index contributed by atoms with van der Waals surface area (Å²) in [7, 11) is 0. The largest absolute Gasteiger partial charge is 0.331 e. The molecule has 2 aromatic rings. The lowest BCUT2D eigenvalue weighted by molar-refractivity contribution is -0.132. The first-order valence-electron chi connectivity index (χ1n) is 8.64. The van der Waals surface area contributed by atoms with Crippen LogP contribution in [-0.4, -0.2) is 37.3 Å². The number of dihydropyridines is 1. The Bertz CT molecular complexity index is 912. The average molecular weight is 351 g/mol. The van der Waals surface area contributed by atoms with Crippen molar-refractivity contribution in [3.8, 4) is 5.82 Å². The quantitative estimate of drug-likeness (QED) is 0.831. The van der Waals surface area contributed by atoms with Crippen LogP contribution in [0.4, 0.5) is 0 Å². The Morgan fingerprint density at radius 2 is 1.92 bits per heavy atom. The van der Waals surface area contributed by atoms with Crippen molar-refractivity contribution in [3.63, 3.8) is 0 Å². The highest BCUT2D eigenvalue weighted by Crippen LogP contribution is 2.32. The van der Waals surface area contributed by atoms with E-state index in [1.54, 1.807) is 11.0 Å². The first-order valence-corrected chi connectivity index (χ1v) is 8.64. The molecule has 0 saturated heterocycles. The van der Waals surface area contributed by atoms with E-state index in [-0.39, 0.29) is 17.4 Å². The molecular weight excluding hydrogens is 330 g/mol. The third kappa shape index (κ3) is 2.69. The molecule has 26 heavy (non-hydrogen) atoms. The number of rotatable bonds is 2. The molecule has 0 fully saturated rings. The molecule has 2 aliphatic rings. The number of amides is 2. The van der Waals surface area contributed by atoms with Gasteiger partial charge < -0.3 is 9.47 Å². The molecule has 0 aliphatic carbocycles. The maximum atomic E-state index is 12.8. The van der Waals surface area contributed by atoms with Gasteiger partial charge in [0.25, 0.3) is 5.91 Å². The van der Waals surface area contributed by atoms with Crippen LogP contribution < -0.4 is 0 Å². The molecule has 0 bridgehead atoms. The van der Waals surface area contributed by atoms with Gasteiger partial charge in [-0.25, -0.2) is 9.67 Å². The predicted molar refractivity (Wildman–Crippen MR) is 96.9 cm³/mol. The highest BCUT2D eigenvalue weighted by molar-refractivity contribution is 6.05. The van der Waals surface area contributed by atoms with Crippen molar-refractivity contribution < 1.29 is 9.59 Å². The zero-order chi connectivity index (χ0) is 18.5. The minimum atomic E-state index is -0.485. The lowest BCUT2D eigenvalue weighted by atomic mass is 10.1. The monoisotopic (exact) mass is 351 g/mol. The molecule has 7 nitrogen and oxygen atoms in total. The van der Waals surface area contributed by atoms with Gasteiger partial charge >= 0.3 is 0 Å². The molecule has 1 atom stereocenters. The highest BCUT2D eigenvalue weighted by Gasteiger charge is 2.35. The van der Waals surface area contributed by atoms with Crippen LogP contribution in [0.5, 0.6) is 0 Å². The molecule has 0 aromatic carbocycles. The fourth-order valence-corrected chi connectivity index (χ4v) is 3.36. The van der Waals surface area contributed by atoms with E-state index < -0.39 is 5.92 Å². The van der Waals surface area contributed by atoms with Crippen LogP contribution in [0, 0.1) is 5.92 Å². The topological polar surface area (TPSA) is 72.5 Å². The van der Waals surface area contributed by atoms with Crippen LogP contribution in [-0.2, 0) is 28.2 Å². The fraction of sp³-hybridized carbons (Fsp3) is 0.368. The summed E-state index contributed by atoms with van der Waals surface area (Å²) in [5, 5.41) is 4.80. The molecule has 7 heteroatoms. The van der Waals surface area contributed by atoms with Crippen molar-refractivity contribution in [2.24, 2.45) is 10.9 Å². The molecule has 0 N–H and O–H groups in total. The first kappa shape index (κ1) is 16.5. The average Bonchev–Trinajstić information content (AvgIpc) is 3.29. The molecule has 0 radical (unpaired) electrons. The zero-order valence-corrected chi connectivity index (χ0v) is 15.1. The van der Waals surface area contributed by atoms with Crippen molar-refractivity contribution in [1.82, 2.24) is 19.2 Å². The van der Waals surface area contributed by atoms with Crippen LogP contribution in [0.1, 0.15) is 32.0 Å². The molecule has 2 amide bonds. The molecule has 0 saturated carbocycles.